The lowest BCUT2D eigenvalue weighted by Gasteiger charge is -2.10. The molecule has 0 bridgehead atoms. The molecule has 0 aromatic carbocycles. The van der Waals surface area contributed by atoms with Crippen LogP contribution in [0.2, 0.25) is 0 Å². The number of amides is 2. The third-order valence-corrected chi connectivity index (χ3v) is 3.66. The lowest BCUT2D eigenvalue weighted by atomic mass is 10.3. The number of carboxylic acid groups (broad SMARTS) is 1. The van der Waals surface area contributed by atoms with Gasteiger partial charge in [0.1, 0.15) is 10.0 Å². The number of carbonyl (C=O) groups is 2. The number of thiazole rings is 1. The highest BCUT2D eigenvalue weighted by Crippen LogP contribution is 2.18. The summed E-state index contributed by atoms with van der Waals surface area (Å²) < 4.78 is 3.61. The first-order valence-corrected chi connectivity index (χ1v) is 6.75. The Morgan fingerprint density at radius 1 is 1.47 bits per heavy atom. The van der Waals surface area contributed by atoms with Crippen molar-refractivity contribution < 1.29 is 14.7 Å². The fourth-order valence-electron chi connectivity index (χ4n) is 1.21. The molecule has 2 aromatic heterocycles. The number of hydrogen-bond donors (Lipinski definition) is 3. The van der Waals surface area contributed by atoms with Crippen LogP contribution in [0.25, 0.3) is 0 Å². The Hall–Kier alpha value is -2.07. The molecule has 0 aliphatic rings. The molecule has 1 atom stereocenters. The molecule has 0 fully saturated rings. The van der Waals surface area contributed by atoms with Gasteiger partial charge in [0, 0.05) is 16.9 Å². The van der Waals surface area contributed by atoms with Crippen molar-refractivity contribution in [2.24, 2.45) is 0 Å². The molecular weight excluding hydrogens is 290 g/mol. The van der Waals surface area contributed by atoms with E-state index in [0.29, 0.717) is 10.0 Å². The van der Waals surface area contributed by atoms with Crippen LogP contribution in [0.15, 0.2) is 11.6 Å². The zero-order chi connectivity index (χ0) is 13.8. The molecule has 2 amide bonds. The molecule has 0 spiro atoms. The average molecular weight is 299 g/mol. The summed E-state index contributed by atoms with van der Waals surface area (Å²) in [7, 11) is 0. The molecule has 2 heterocycles. The number of urea groups is 1. The first-order valence-electron chi connectivity index (χ1n) is 5.10. The van der Waals surface area contributed by atoms with Crippen molar-refractivity contribution >= 4 is 39.9 Å². The Morgan fingerprint density at radius 3 is 2.84 bits per heavy atom. The normalized spacial score (nSPS) is 11.8. The summed E-state index contributed by atoms with van der Waals surface area (Å²) in [6, 6.07) is -0.815. The number of anilines is 1. The second-order valence-electron chi connectivity index (χ2n) is 3.48. The van der Waals surface area contributed by atoms with E-state index in [2.05, 4.69) is 25.2 Å². The van der Waals surface area contributed by atoms with Gasteiger partial charge in [-0.25, -0.2) is 14.6 Å². The minimum atomic E-state index is -1.09. The largest absolute Gasteiger partial charge is 0.476 e. The van der Waals surface area contributed by atoms with Crippen LogP contribution in [-0.4, -0.2) is 31.7 Å². The Morgan fingerprint density at radius 2 is 2.26 bits per heavy atom. The van der Waals surface area contributed by atoms with Crippen molar-refractivity contribution in [3.63, 3.8) is 0 Å². The first-order chi connectivity index (χ1) is 9.06. The van der Waals surface area contributed by atoms with E-state index in [1.165, 1.54) is 22.9 Å². The van der Waals surface area contributed by atoms with E-state index < -0.39 is 12.0 Å². The summed E-state index contributed by atoms with van der Waals surface area (Å²) in [5.41, 5.74) is -0.0271. The summed E-state index contributed by atoms with van der Waals surface area (Å²) in [5.74, 6) is -1.09. The van der Waals surface area contributed by atoms with Crippen LogP contribution in [0.5, 0.6) is 0 Å². The summed E-state index contributed by atoms with van der Waals surface area (Å²) in [5, 5.41) is 20.0. The standard InChI is InChI=1S/C9H9N5O3S2/c1-4(7-12-5(3-18-7)8(15)16)11-9(17)13-6-2-10-14-19-6/h2-4H,1H3,(H,15,16)(H2,11,13,17). The van der Waals surface area contributed by atoms with E-state index in [9.17, 15) is 9.59 Å². The maximum atomic E-state index is 11.6. The van der Waals surface area contributed by atoms with Crippen molar-refractivity contribution in [1.82, 2.24) is 19.9 Å². The molecule has 2 rings (SSSR count). The van der Waals surface area contributed by atoms with Crippen molar-refractivity contribution in [3.8, 4) is 0 Å². The topological polar surface area (TPSA) is 117 Å². The summed E-state index contributed by atoms with van der Waals surface area (Å²) in [4.78, 5) is 26.2. The lowest BCUT2D eigenvalue weighted by Crippen LogP contribution is -2.30. The van der Waals surface area contributed by atoms with E-state index >= 15 is 0 Å². The van der Waals surface area contributed by atoms with Gasteiger partial charge in [0.2, 0.25) is 0 Å². The quantitative estimate of drug-likeness (QED) is 0.789. The fraction of sp³-hybridized carbons (Fsp3) is 0.222. The van der Waals surface area contributed by atoms with E-state index in [0.717, 1.165) is 11.5 Å². The van der Waals surface area contributed by atoms with Gasteiger partial charge in [0.05, 0.1) is 12.2 Å². The molecule has 100 valence electrons. The van der Waals surface area contributed by atoms with Crippen molar-refractivity contribution in [1.29, 1.82) is 0 Å². The van der Waals surface area contributed by atoms with Crippen LogP contribution in [0.3, 0.4) is 0 Å². The third kappa shape index (κ3) is 3.45. The summed E-state index contributed by atoms with van der Waals surface area (Å²) in [6.07, 6.45) is 1.43. The first kappa shape index (κ1) is 13.4. The molecule has 19 heavy (non-hydrogen) atoms. The number of aromatic nitrogens is 3. The van der Waals surface area contributed by atoms with Gasteiger partial charge in [-0.05, 0) is 6.92 Å². The highest BCUT2D eigenvalue weighted by atomic mass is 32.1. The number of carboxylic acids is 1. The Bertz CT molecular complexity index is 582. The SMILES string of the molecule is CC(NC(=O)Nc1cnns1)c1nc(C(=O)O)cs1. The minimum absolute atomic E-state index is 0.0271. The molecule has 0 saturated heterocycles. The van der Waals surface area contributed by atoms with Crippen LogP contribution >= 0.6 is 22.9 Å². The zero-order valence-corrected chi connectivity index (χ0v) is 11.3. The molecule has 1 unspecified atom stereocenters. The molecule has 0 aliphatic heterocycles. The molecular formula is C9H9N5O3S2. The summed E-state index contributed by atoms with van der Waals surface area (Å²) in [6.45, 7) is 1.72. The number of aromatic carboxylic acids is 1. The Kier molecular flexibility index (Phi) is 4.02. The van der Waals surface area contributed by atoms with Crippen LogP contribution in [0.1, 0.15) is 28.5 Å². The van der Waals surface area contributed by atoms with Gasteiger partial charge in [-0.1, -0.05) is 4.49 Å². The van der Waals surface area contributed by atoms with Gasteiger partial charge in [-0.15, -0.1) is 16.4 Å². The Balaban J connectivity index is 1.94. The molecule has 8 nitrogen and oxygen atoms in total. The molecule has 0 saturated carbocycles. The van der Waals surface area contributed by atoms with Gasteiger partial charge >= 0.3 is 12.0 Å². The molecule has 0 radical (unpaired) electrons. The second-order valence-corrected chi connectivity index (χ2v) is 5.15. The van der Waals surface area contributed by atoms with Crippen LogP contribution in [-0.2, 0) is 0 Å². The van der Waals surface area contributed by atoms with Crippen molar-refractivity contribution in [3.05, 3.63) is 22.3 Å². The van der Waals surface area contributed by atoms with Gasteiger partial charge in [-0.2, -0.15) is 0 Å². The zero-order valence-electron chi connectivity index (χ0n) is 9.65. The van der Waals surface area contributed by atoms with Crippen molar-refractivity contribution in [2.45, 2.75) is 13.0 Å². The monoisotopic (exact) mass is 299 g/mol. The van der Waals surface area contributed by atoms with Gasteiger partial charge < -0.3 is 10.4 Å². The van der Waals surface area contributed by atoms with E-state index in [-0.39, 0.29) is 11.7 Å². The smallest absolute Gasteiger partial charge is 0.355 e. The second kappa shape index (κ2) is 5.71. The van der Waals surface area contributed by atoms with Gasteiger partial charge in [0.15, 0.2) is 5.69 Å². The highest BCUT2D eigenvalue weighted by Gasteiger charge is 2.16. The van der Waals surface area contributed by atoms with Crippen LogP contribution in [0.4, 0.5) is 9.80 Å². The van der Waals surface area contributed by atoms with Crippen molar-refractivity contribution in [2.75, 3.05) is 5.32 Å². The number of hydrogen-bond acceptors (Lipinski definition) is 7. The predicted molar refractivity (Wildman–Crippen MR) is 69.6 cm³/mol. The number of nitrogens with zero attached hydrogens (tertiary/aromatic N) is 3. The number of rotatable bonds is 4. The van der Waals surface area contributed by atoms with Gasteiger partial charge in [-0.3, -0.25) is 5.32 Å². The highest BCUT2D eigenvalue weighted by molar-refractivity contribution is 7.10. The maximum Gasteiger partial charge on any atom is 0.355 e. The van der Waals surface area contributed by atoms with Gasteiger partial charge in [0.25, 0.3) is 0 Å². The Labute approximate surface area is 115 Å². The predicted octanol–water partition coefficient (Wildman–Crippen LogP) is 1.58. The fourth-order valence-corrected chi connectivity index (χ4v) is 2.43. The summed E-state index contributed by atoms with van der Waals surface area (Å²) >= 11 is 2.24. The molecule has 10 heteroatoms. The van der Waals surface area contributed by atoms with E-state index in [1.54, 1.807) is 6.92 Å². The van der Waals surface area contributed by atoms with Crippen LogP contribution in [0, 0.1) is 0 Å². The molecule has 0 aliphatic carbocycles. The van der Waals surface area contributed by atoms with E-state index in [4.69, 9.17) is 5.11 Å². The molecule has 2 aromatic rings. The molecule has 3 N–H and O–H groups in total. The average Bonchev–Trinajstić information content (AvgIpc) is 2.98. The maximum absolute atomic E-state index is 11.6. The minimum Gasteiger partial charge on any atom is -0.476 e. The van der Waals surface area contributed by atoms with E-state index in [1.807, 2.05) is 0 Å². The lowest BCUT2D eigenvalue weighted by molar-refractivity contribution is 0.0691. The number of carbonyl (C=O) groups excluding carboxylic acids is 1. The number of nitrogens with one attached hydrogen (secondary N) is 2. The third-order valence-electron chi connectivity index (χ3n) is 2.06. The van der Waals surface area contributed by atoms with Crippen LogP contribution < -0.4 is 10.6 Å².